The summed E-state index contributed by atoms with van der Waals surface area (Å²) < 4.78 is 0. The van der Waals surface area contributed by atoms with Gasteiger partial charge in [0.05, 0.1) is 18.7 Å². The number of β-amino-alcohol motifs (C(OH)–C–C–N with tert-alkyl or cyclic N) is 1. The zero-order valence-corrected chi connectivity index (χ0v) is 10.1. The molecule has 0 bridgehead atoms. The maximum atomic E-state index is 11.6. The lowest BCUT2D eigenvalue weighted by Gasteiger charge is -2.47. The molecule has 1 aliphatic rings. The van der Waals surface area contributed by atoms with Gasteiger partial charge in [-0.15, -0.1) is 0 Å². The number of carbonyl (C=O) groups is 1. The summed E-state index contributed by atoms with van der Waals surface area (Å²) in [6.45, 7) is 8.80. The van der Waals surface area contributed by atoms with Gasteiger partial charge in [0.1, 0.15) is 0 Å². The van der Waals surface area contributed by atoms with Crippen LogP contribution in [0.3, 0.4) is 0 Å². The number of nitrogens with one attached hydrogen (secondary N) is 1. The van der Waals surface area contributed by atoms with Crippen molar-refractivity contribution in [1.82, 2.24) is 10.2 Å². The molecule has 0 saturated carbocycles. The molecule has 1 aliphatic heterocycles. The monoisotopic (exact) mass is 214 g/mol. The van der Waals surface area contributed by atoms with E-state index in [1.165, 1.54) is 0 Å². The van der Waals surface area contributed by atoms with Gasteiger partial charge in [-0.2, -0.15) is 0 Å². The Kier molecular flexibility index (Phi) is 3.28. The highest BCUT2D eigenvalue weighted by Gasteiger charge is 2.43. The molecule has 1 fully saturated rings. The SMILES string of the molecule is CCCC1(O)CN(C(=O)NC(C)(C)C)C1. The number of amides is 2. The van der Waals surface area contributed by atoms with E-state index >= 15 is 0 Å². The smallest absolute Gasteiger partial charge is 0.318 e. The molecular formula is C11H22N2O2. The van der Waals surface area contributed by atoms with Gasteiger partial charge in [-0.25, -0.2) is 4.79 Å². The maximum absolute atomic E-state index is 11.6. The van der Waals surface area contributed by atoms with Gasteiger partial charge in [0, 0.05) is 5.54 Å². The van der Waals surface area contributed by atoms with E-state index in [2.05, 4.69) is 5.32 Å². The topological polar surface area (TPSA) is 52.6 Å². The first kappa shape index (κ1) is 12.3. The van der Waals surface area contributed by atoms with Crippen molar-refractivity contribution >= 4 is 6.03 Å². The van der Waals surface area contributed by atoms with Crippen molar-refractivity contribution in [2.75, 3.05) is 13.1 Å². The molecule has 4 nitrogen and oxygen atoms in total. The number of hydrogen-bond acceptors (Lipinski definition) is 2. The molecule has 0 aliphatic carbocycles. The largest absolute Gasteiger partial charge is 0.386 e. The summed E-state index contributed by atoms with van der Waals surface area (Å²) in [5.41, 5.74) is -0.848. The van der Waals surface area contributed by atoms with E-state index in [0.717, 1.165) is 12.8 Å². The van der Waals surface area contributed by atoms with Gasteiger partial charge in [-0.1, -0.05) is 13.3 Å². The number of urea groups is 1. The third-order valence-corrected chi connectivity index (χ3v) is 2.45. The molecule has 0 atom stereocenters. The molecule has 2 amide bonds. The fourth-order valence-electron chi connectivity index (χ4n) is 1.83. The Morgan fingerprint density at radius 1 is 1.47 bits per heavy atom. The molecule has 0 aromatic rings. The first-order valence-electron chi connectivity index (χ1n) is 5.55. The summed E-state index contributed by atoms with van der Waals surface area (Å²) in [7, 11) is 0. The Morgan fingerprint density at radius 3 is 2.40 bits per heavy atom. The summed E-state index contributed by atoms with van der Waals surface area (Å²) >= 11 is 0. The van der Waals surface area contributed by atoms with Crippen LogP contribution >= 0.6 is 0 Å². The van der Waals surface area contributed by atoms with Crippen molar-refractivity contribution in [3.05, 3.63) is 0 Å². The Morgan fingerprint density at radius 2 is 2.00 bits per heavy atom. The summed E-state index contributed by atoms with van der Waals surface area (Å²) in [5.74, 6) is 0. The predicted molar refractivity (Wildman–Crippen MR) is 59.7 cm³/mol. The fraction of sp³-hybridized carbons (Fsp3) is 0.909. The van der Waals surface area contributed by atoms with E-state index in [-0.39, 0.29) is 11.6 Å². The van der Waals surface area contributed by atoms with Crippen molar-refractivity contribution in [1.29, 1.82) is 0 Å². The highest BCUT2D eigenvalue weighted by atomic mass is 16.3. The lowest BCUT2D eigenvalue weighted by atomic mass is 9.89. The number of hydrogen-bond donors (Lipinski definition) is 2. The third kappa shape index (κ3) is 3.38. The average molecular weight is 214 g/mol. The molecule has 1 heterocycles. The van der Waals surface area contributed by atoms with Crippen LogP contribution in [0.5, 0.6) is 0 Å². The van der Waals surface area contributed by atoms with Crippen molar-refractivity contribution < 1.29 is 9.90 Å². The molecule has 2 N–H and O–H groups in total. The van der Waals surface area contributed by atoms with Crippen LogP contribution in [0.1, 0.15) is 40.5 Å². The van der Waals surface area contributed by atoms with Crippen LogP contribution in [0.15, 0.2) is 0 Å². The van der Waals surface area contributed by atoms with E-state index in [0.29, 0.717) is 13.1 Å². The van der Waals surface area contributed by atoms with Gasteiger partial charge in [-0.05, 0) is 27.2 Å². The Balaban J connectivity index is 2.35. The Labute approximate surface area is 91.6 Å². The van der Waals surface area contributed by atoms with Gasteiger partial charge >= 0.3 is 6.03 Å². The predicted octanol–water partition coefficient (Wildman–Crippen LogP) is 1.34. The van der Waals surface area contributed by atoms with Crippen molar-refractivity contribution in [3.8, 4) is 0 Å². The van der Waals surface area contributed by atoms with Crippen molar-refractivity contribution in [2.24, 2.45) is 0 Å². The Hall–Kier alpha value is -0.770. The van der Waals surface area contributed by atoms with Crippen LogP contribution in [-0.2, 0) is 0 Å². The zero-order valence-electron chi connectivity index (χ0n) is 10.1. The molecule has 4 heteroatoms. The first-order valence-corrected chi connectivity index (χ1v) is 5.55. The summed E-state index contributed by atoms with van der Waals surface area (Å²) in [6.07, 6.45) is 1.72. The van der Waals surface area contributed by atoms with Gasteiger partial charge in [0.2, 0.25) is 0 Å². The van der Waals surface area contributed by atoms with Crippen LogP contribution in [0.4, 0.5) is 4.79 Å². The van der Waals surface area contributed by atoms with Gasteiger partial charge < -0.3 is 15.3 Å². The van der Waals surface area contributed by atoms with Gasteiger partial charge in [0.15, 0.2) is 0 Å². The van der Waals surface area contributed by atoms with E-state index in [1.807, 2.05) is 27.7 Å². The minimum atomic E-state index is -0.635. The molecule has 0 unspecified atom stereocenters. The molecule has 1 rings (SSSR count). The highest BCUT2D eigenvalue weighted by Crippen LogP contribution is 2.25. The molecule has 0 aromatic carbocycles. The Bertz CT molecular complexity index is 239. The second kappa shape index (κ2) is 4.00. The second-order valence-electron chi connectivity index (χ2n) is 5.51. The van der Waals surface area contributed by atoms with Gasteiger partial charge in [0.25, 0.3) is 0 Å². The summed E-state index contributed by atoms with van der Waals surface area (Å²) in [6, 6.07) is -0.0803. The molecule has 0 spiro atoms. The number of carbonyl (C=O) groups excluding carboxylic acids is 1. The normalized spacial score (nSPS) is 19.7. The van der Waals surface area contributed by atoms with Crippen LogP contribution in [0.2, 0.25) is 0 Å². The maximum Gasteiger partial charge on any atom is 0.318 e. The lowest BCUT2D eigenvalue weighted by molar-refractivity contribution is -0.0821. The minimum Gasteiger partial charge on any atom is -0.386 e. The molecule has 0 aromatic heterocycles. The van der Waals surface area contributed by atoms with Crippen LogP contribution in [0, 0.1) is 0 Å². The number of rotatable bonds is 2. The van der Waals surface area contributed by atoms with E-state index in [9.17, 15) is 9.90 Å². The van der Waals surface area contributed by atoms with Crippen molar-refractivity contribution in [3.63, 3.8) is 0 Å². The molecule has 88 valence electrons. The highest BCUT2D eigenvalue weighted by molar-refractivity contribution is 5.76. The third-order valence-electron chi connectivity index (χ3n) is 2.45. The number of likely N-dealkylation sites (tertiary alicyclic amines) is 1. The first-order chi connectivity index (χ1) is 6.76. The van der Waals surface area contributed by atoms with E-state index in [4.69, 9.17) is 0 Å². The zero-order chi connectivity index (χ0) is 11.7. The number of aliphatic hydroxyl groups is 1. The standard InChI is InChI=1S/C11H22N2O2/c1-5-6-11(15)7-13(8-11)9(14)12-10(2,3)4/h15H,5-8H2,1-4H3,(H,12,14). The minimum absolute atomic E-state index is 0.0803. The molecular weight excluding hydrogens is 192 g/mol. The summed E-state index contributed by atoms with van der Waals surface area (Å²) in [5, 5.41) is 12.8. The quantitative estimate of drug-likeness (QED) is 0.729. The summed E-state index contributed by atoms with van der Waals surface area (Å²) in [4.78, 5) is 13.3. The lowest BCUT2D eigenvalue weighted by Crippen LogP contribution is -2.66. The van der Waals surface area contributed by atoms with E-state index < -0.39 is 5.60 Å². The van der Waals surface area contributed by atoms with Crippen LogP contribution in [0.25, 0.3) is 0 Å². The van der Waals surface area contributed by atoms with Crippen molar-refractivity contribution in [2.45, 2.75) is 51.7 Å². The number of nitrogens with zero attached hydrogens (tertiary/aromatic N) is 1. The van der Waals surface area contributed by atoms with E-state index in [1.54, 1.807) is 4.90 Å². The molecule has 15 heavy (non-hydrogen) atoms. The fourth-order valence-corrected chi connectivity index (χ4v) is 1.83. The molecule has 1 saturated heterocycles. The van der Waals surface area contributed by atoms with Gasteiger partial charge in [-0.3, -0.25) is 0 Å². The second-order valence-corrected chi connectivity index (χ2v) is 5.51. The molecule has 0 radical (unpaired) electrons. The van der Waals surface area contributed by atoms with Crippen LogP contribution in [-0.4, -0.2) is 40.3 Å². The van der Waals surface area contributed by atoms with Crippen LogP contribution < -0.4 is 5.32 Å². The average Bonchev–Trinajstić information content (AvgIpc) is 1.96.